The molecule has 0 saturated heterocycles. The molecule has 0 heterocycles. The van der Waals surface area contributed by atoms with Crippen LogP contribution in [-0.2, 0) is 0 Å². The predicted octanol–water partition coefficient (Wildman–Crippen LogP) is 4.79. The molecule has 0 bridgehead atoms. The standard InChI is InChI=1S/C19H23NO/c1-11-7-15(5)18(16(6)8-11)20-19(21)17-10-13(3)12(2)9-14(17)4/h7-10H,1-6H3,(H,20,21). The minimum atomic E-state index is -0.0364. The second-order valence-corrected chi connectivity index (χ2v) is 5.98. The van der Waals surface area contributed by atoms with Crippen LogP contribution in [0.15, 0.2) is 24.3 Å². The van der Waals surface area contributed by atoms with Gasteiger partial charge in [0.05, 0.1) is 0 Å². The topological polar surface area (TPSA) is 29.1 Å². The molecule has 0 unspecified atom stereocenters. The predicted molar refractivity (Wildman–Crippen MR) is 89.3 cm³/mol. The molecule has 2 rings (SSSR count). The first-order chi connectivity index (χ1) is 9.79. The molecule has 0 fully saturated rings. The SMILES string of the molecule is Cc1cc(C)c(NC(=O)c2cc(C)c(C)cc2C)c(C)c1. The first-order valence-corrected chi connectivity index (χ1v) is 7.26. The lowest BCUT2D eigenvalue weighted by Crippen LogP contribution is -2.15. The molecule has 0 radical (unpaired) electrons. The van der Waals surface area contributed by atoms with Crippen molar-refractivity contribution < 1.29 is 4.79 Å². The largest absolute Gasteiger partial charge is 0.321 e. The Morgan fingerprint density at radius 2 is 1.24 bits per heavy atom. The molecule has 2 aromatic carbocycles. The van der Waals surface area contributed by atoms with Crippen LogP contribution in [0.3, 0.4) is 0 Å². The van der Waals surface area contributed by atoms with Gasteiger partial charge in [0.25, 0.3) is 5.91 Å². The minimum absolute atomic E-state index is 0.0364. The van der Waals surface area contributed by atoms with Gasteiger partial charge in [-0.15, -0.1) is 0 Å². The third kappa shape index (κ3) is 3.15. The van der Waals surface area contributed by atoms with Gasteiger partial charge in [-0.05, 0) is 75.4 Å². The van der Waals surface area contributed by atoms with Crippen LogP contribution >= 0.6 is 0 Å². The Morgan fingerprint density at radius 3 is 1.81 bits per heavy atom. The highest BCUT2D eigenvalue weighted by Crippen LogP contribution is 2.24. The molecule has 21 heavy (non-hydrogen) atoms. The summed E-state index contributed by atoms with van der Waals surface area (Å²) in [5, 5.41) is 3.07. The van der Waals surface area contributed by atoms with E-state index in [2.05, 4.69) is 37.4 Å². The summed E-state index contributed by atoms with van der Waals surface area (Å²) in [6.45, 7) is 12.2. The first-order valence-electron chi connectivity index (χ1n) is 7.26. The third-order valence-electron chi connectivity index (χ3n) is 4.00. The Hall–Kier alpha value is -2.09. The zero-order valence-corrected chi connectivity index (χ0v) is 13.7. The lowest BCUT2D eigenvalue weighted by Gasteiger charge is -2.15. The summed E-state index contributed by atoms with van der Waals surface area (Å²) in [5.74, 6) is -0.0364. The van der Waals surface area contributed by atoms with Crippen molar-refractivity contribution in [2.45, 2.75) is 41.5 Å². The minimum Gasteiger partial charge on any atom is -0.321 e. The lowest BCUT2D eigenvalue weighted by atomic mass is 9.99. The van der Waals surface area contributed by atoms with Crippen LogP contribution in [0.5, 0.6) is 0 Å². The number of benzene rings is 2. The van der Waals surface area contributed by atoms with Crippen LogP contribution in [-0.4, -0.2) is 5.91 Å². The fourth-order valence-electron chi connectivity index (χ4n) is 2.76. The molecule has 0 atom stereocenters. The van der Waals surface area contributed by atoms with Crippen LogP contribution in [0.1, 0.15) is 43.7 Å². The van der Waals surface area contributed by atoms with Crippen LogP contribution < -0.4 is 5.32 Å². The summed E-state index contributed by atoms with van der Waals surface area (Å²) in [6, 6.07) is 8.23. The van der Waals surface area contributed by atoms with E-state index in [0.717, 1.165) is 33.5 Å². The van der Waals surface area contributed by atoms with Crippen molar-refractivity contribution in [2.75, 3.05) is 5.32 Å². The van der Waals surface area contributed by atoms with E-state index in [-0.39, 0.29) is 5.91 Å². The number of rotatable bonds is 2. The molecule has 1 N–H and O–H groups in total. The van der Waals surface area contributed by atoms with E-state index in [9.17, 15) is 4.79 Å². The molecule has 0 aliphatic heterocycles. The van der Waals surface area contributed by atoms with E-state index < -0.39 is 0 Å². The van der Waals surface area contributed by atoms with Crippen molar-refractivity contribution in [3.63, 3.8) is 0 Å². The van der Waals surface area contributed by atoms with Crippen LogP contribution in [0, 0.1) is 41.5 Å². The van der Waals surface area contributed by atoms with Gasteiger partial charge in [-0.25, -0.2) is 0 Å². The first kappa shape index (κ1) is 15.3. The summed E-state index contributed by atoms with van der Waals surface area (Å²) in [6.07, 6.45) is 0. The van der Waals surface area contributed by atoms with Gasteiger partial charge >= 0.3 is 0 Å². The van der Waals surface area contributed by atoms with Crippen molar-refractivity contribution in [3.05, 3.63) is 63.2 Å². The number of carbonyl (C=O) groups is 1. The van der Waals surface area contributed by atoms with Crippen LogP contribution in [0.4, 0.5) is 5.69 Å². The zero-order valence-electron chi connectivity index (χ0n) is 13.7. The van der Waals surface area contributed by atoms with Gasteiger partial charge in [-0.1, -0.05) is 23.8 Å². The Bertz CT molecular complexity index is 691. The van der Waals surface area contributed by atoms with Crippen molar-refractivity contribution in [3.8, 4) is 0 Å². The van der Waals surface area contributed by atoms with Gasteiger partial charge < -0.3 is 5.32 Å². The van der Waals surface area contributed by atoms with E-state index in [1.165, 1.54) is 11.1 Å². The number of amides is 1. The molecule has 2 heteroatoms. The highest BCUT2D eigenvalue weighted by atomic mass is 16.1. The van der Waals surface area contributed by atoms with E-state index in [1.807, 2.05) is 33.8 Å². The number of hydrogen-bond acceptors (Lipinski definition) is 1. The average Bonchev–Trinajstić information content (AvgIpc) is 2.37. The fraction of sp³-hybridized carbons (Fsp3) is 0.316. The number of carbonyl (C=O) groups excluding carboxylic acids is 1. The molecular weight excluding hydrogens is 258 g/mol. The van der Waals surface area contributed by atoms with Crippen molar-refractivity contribution in [2.24, 2.45) is 0 Å². The average molecular weight is 281 g/mol. The molecule has 1 amide bonds. The normalized spacial score (nSPS) is 10.6. The highest BCUT2D eigenvalue weighted by Gasteiger charge is 2.13. The zero-order chi connectivity index (χ0) is 15.7. The Morgan fingerprint density at radius 1 is 0.714 bits per heavy atom. The molecule has 0 spiro atoms. The van der Waals surface area contributed by atoms with Crippen LogP contribution in [0.2, 0.25) is 0 Å². The summed E-state index contributed by atoms with van der Waals surface area (Å²) in [4.78, 5) is 12.6. The Balaban J connectivity index is 2.37. The van der Waals surface area contributed by atoms with Gasteiger partial charge in [-0.2, -0.15) is 0 Å². The molecule has 2 aromatic rings. The smallest absolute Gasteiger partial charge is 0.255 e. The maximum Gasteiger partial charge on any atom is 0.255 e. The number of nitrogens with one attached hydrogen (secondary N) is 1. The van der Waals surface area contributed by atoms with E-state index in [1.54, 1.807) is 0 Å². The van der Waals surface area contributed by atoms with Crippen LogP contribution in [0.25, 0.3) is 0 Å². The molecule has 110 valence electrons. The number of anilines is 1. The number of aryl methyl sites for hydroxylation is 6. The second-order valence-electron chi connectivity index (χ2n) is 5.98. The maximum atomic E-state index is 12.6. The van der Waals surface area contributed by atoms with E-state index >= 15 is 0 Å². The van der Waals surface area contributed by atoms with Gasteiger partial charge in [-0.3, -0.25) is 4.79 Å². The lowest BCUT2D eigenvalue weighted by molar-refractivity contribution is 0.102. The van der Waals surface area contributed by atoms with Gasteiger partial charge in [0.1, 0.15) is 0 Å². The summed E-state index contributed by atoms with van der Waals surface area (Å²) < 4.78 is 0. The van der Waals surface area contributed by atoms with Gasteiger partial charge in [0.2, 0.25) is 0 Å². The van der Waals surface area contributed by atoms with Gasteiger partial charge in [0.15, 0.2) is 0 Å². The molecule has 2 nitrogen and oxygen atoms in total. The summed E-state index contributed by atoms with van der Waals surface area (Å²) >= 11 is 0. The Labute approximate surface area is 127 Å². The fourth-order valence-corrected chi connectivity index (χ4v) is 2.76. The molecule has 0 aliphatic carbocycles. The van der Waals surface area contributed by atoms with Crippen molar-refractivity contribution in [1.29, 1.82) is 0 Å². The van der Waals surface area contributed by atoms with Crippen molar-refractivity contribution in [1.82, 2.24) is 0 Å². The highest BCUT2D eigenvalue weighted by molar-refractivity contribution is 6.06. The summed E-state index contributed by atoms with van der Waals surface area (Å²) in [5.41, 5.74) is 8.45. The molecule has 0 aliphatic rings. The van der Waals surface area contributed by atoms with E-state index in [0.29, 0.717) is 0 Å². The molecule has 0 saturated carbocycles. The van der Waals surface area contributed by atoms with Gasteiger partial charge in [0, 0.05) is 11.3 Å². The third-order valence-corrected chi connectivity index (χ3v) is 4.00. The molecule has 0 aromatic heterocycles. The van der Waals surface area contributed by atoms with Crippen molar-refractivity contribution >= 4 is 11.6 Å². The molecular formula is C19H23NO. The number of hydrogen-bond donors (Lipinski definition) is 1. The summed E-state index contributed by atoms with van der Waals surface area (Å²) in [7, 11) is 0. The van der Waals surface area contributed by atoms with E-state index in [4.69, 9.17) is 0 Å². The quantitative estimate of drug-likeness (QED) is 0.842. The maximum absolute atomic E-state index is 12.6. The Kier molecular flexibility index (Phi) is 4.17. The monoisotopic (exact) mass is 281 g/mol. The second kappa shape index (κ2) is 5.72.